The Bertz CT molecular complexity index is 1030. The number of carboxylic acids is 1. The van der Waals surface area contributed by atoms with Crippen LogP contribution in [0.3, 0.4) is 0 Å². The first kappa shape index (κ1) is 27.3. The molecule has 0 radical (unpaired) electrons. The van der Waals surface area contributed by atoms with Gasteiger partial charge in [-0.05, 0) is 24.0 Å². The van der Waals surface area contributed by atoms with Crippen LogP contribution in [-0.4, -0.2) is 46.1 Å². The number of hydrogen-bond donors (Lipinski definition) is 3. The number of aliphatic carboxylic acids is 1. The molecule has 1 heterocycles. The van der Waals surface area contributed by atoms with E-state index in [9.17, 15) is 19.7 Å². The van der Waals surface area contributed by atoms with E-state index in [1.165, 1.54) is 0 Å². The summed E-state index contributed by atoms with van der Waals surface area (Å²) in [6.07, 6.45) is -0.151. The first-order chi connectivity index (χ1) is 17.2. The van der Waals surface area contributed by atoms with E-state index in [1.807, 2.05) is 74.5 Å². The fourth-order valence-corrected chi connectivity index (χ4v) is 5.07. The molecular weight excluding hydrogens is 462 g/mol. The van der Waals surface area contributed by atoms with Crippen molar-refractivity contribution in [2.75, 3.05) is 6.54 Å². The van der Waals surface area contributed by atoms with Gasteiger partial charge in [0.25, 0.3) is 0 Å². The van der Waals surface area contributed by atoms with Crippen LogP contribution in [0.4, 0.5) is 0 Å². The highest BCUT2D eigenvalue weighted by atomic mass is 16.6. The zero-order valence-electron chi connectivity index (χ0n) is 20.9. The van der Waals surface area contributed by atoms with Crippen LogP contribution in [0.15, 0.2) is 60.7 Å². The molecule has 1 fully saturated rings. The van der Waals surface area contributed by atoms with E-state index in [2.05, 4.69) is 10.6 Å². The maximum absolute atomic E-state index is 13.5. The number of carbonyl (C=O) groups excluding carboxylic acids is 1. The Kier molecular flexibility index (Phi) is 9.17. The summed E-state index contributed by atoms with van der Waals surface area (Å²) in [4.78, 5) is 36.8. The van der Waals surface area contributed by atoms with Crippen molar-refractivity contribution >= 4 is 11.9 Å². The molecular formula is C27H35N3O6. The average molecular weight is 498 g/mol. The molecule has 36 heavy (non-hydrogen) atoms. The van der Waals surface area contributed by atoms with Crippen LogP contribution in [-0.2, 0) is 20.9 Å². The van der Waals surface area contributed by atoms with Crippen LogP contribution in [0.5, 0.6) is 0 Å². The summed E-state index contributed by atoms with van der Waals surface area (Å²) in [5.74, 6) is -2.41. The highest BCUT2D eigenvalue weighted by molar-refractivity contribution is 5.87. The smallest absolute Gasteiger partial charge is 0.305 e. The normalized spacial score (nSPS) is 25.1. The van der Waals surface area contributed by atoms with Crippen LogP contribution >= 0.6 is 0 Å². The molecule has 0 bridgehead atoms. The van der Waals surface area contributed by atoms with Crippen LogP contribution in [0.1, 0.15) is 50.8 Å². The lowest BCUT2D eigenvalue weighted by Crippen LogP contribution is -2.60. The van der Waals surface area contributed by atoms with Crippen LogP contribution in [0, 0.1) is 22.0 Å². The van der Waals surface area contributed by atoms with Gasteiger partial charge >= 0.3 is 5.97 Å². The van der Waals surface area contributed by atoms with Gasteiger partial charge in [0, 0.05) is 11.5 Å². The van der Waals surface area contributed by atoms with Gasteiger partial charge in [-0.15, -0.1) is 0 Å². The van der Waals surface area contributed by atoms with Crippen molar-refractivity contribution in [1.29, 1.82) is 0 Å². The number of benzene rings is 2. The van der Waals surface area contributed by atoms with Crippen molar-refractivity contribution in [3.63, 3.8) is 0 Å². The van der Waals surface area contributed by atoms with E-state index >= 15 is 0 Å². The highest BCUT2D eigenvalue weighted by Gasteiger charge is 2.64. The van der Waals surface area contributed by atoms with Gasteiger partial charge in [-0.1, -0.05) is 80.9 Å². The molecule has 1 aliphatic heterocycles. The lowest BCUT2D eigenvalue weighted by Gasteiger charge is -2.37. The topological polar surface area (TPSA) is 131 Å². The zero-order chi connectivity index (χ0) is 26.3. The van der Waals surface area contributed by atoms with E-state index in [1.54, 1.807) is 6.92 Å². The summed E-state index contributed by atoms with van der Waals surface area (Å²) in [6.45, 7) is 5.81. The van der Waals surface area contributed by atoms with Crippen LogP contribution in [0.25, 0.3) is 0 Å². The molecule has 3 N–H and O–H groups in total. The molecule has 1 unspecified atom stereocenters. The maximum atomic E-state index is 13.5. The van der Waals surface area contributed by atoms with E-state index in [0.717, 1.165) is 5.56 Å². The van der Waals surface area contributed by atoms with Crippen molar-refractivity contribution in [2.45, 2.75) is 63.9 Å². The predicted molar refractivity (Wildman–Crippen MR) is 135 cm³/mol. The number of ether oxygens (including phenoxy) is 1. The molecule has 1 amide bonds. The Hall–Kier alpha value is -3.30. The molecule has 3 rings (SSSR count). The molecule has 1 aliphatic rings. The standard InChI is InChI=1S/C27H35N3O6/c1-4-18(2)25(36-17-19-11-7-5-8-12-19)22-24(30(34)35)23(20-13-9-6-10-14-20)29-27(22,3)26(33)28-16-15-21(31)32/h5-14,18,22-25,29H,4,15-17H2,1-3H3,(H,28,33)(H,31,32)/t18-,22+,23-,24-,25?,27+/m0/s1. The Balaban J connectivity index is 2.04. The number of hydrogen-bond acceptors (Lipinski definition) is 6. The molecule has 0 saturated carbocycles. The molecule has 9 nitrogen and oxygen atoms in total. The quantitative estimate of drug-likeness (QED) is 0.302. The van der Waals surface area contributed by atoms with Crippen molar-refractivity contribution < 1.29 is 24.4 Å². The summed E-state index contributed by atoms with van der Waals surface area (Å²) in [5.41, 5.74) is 0.264. The number of carboxylic acid groups (broad SMARTS) is 1. The van der Waals surface area contributed by atoms with Crippen molar-refractivity contribution in [2.24, 2.45) is 11.8 Å². The van der Waals surface area contributed by atoms with Gasteiger partial charge < -0.3 is 15.2 Å². The second-order valence-corrected chi connectivity index (χ2v) is 9.58. The van der Waals surface area contributed by atoms with Gasteiger partial charge in [0.2, 0.25) is 11.9 Å². The number of amides is 1. The van der Waals surface area contributed by atoms with Crippen molar-refractivity contribution in [3.05, 3.63) is 81.9 Å². The summed E-state index contributed by atoms with van der Waals surface area (Å²) in [7, 11) is 0. The SMILES string of the molecule is CC[C@H](C)C(OCc1ccccc1)[C@H]1[C@H]([N+](=O)[O-])[C@H](c2ccccc2)N[C@@]1(C)C(=O)NCCC(=O)O. The number of rotatable bonds is 12. The minimum atomic E-state index is -1.37. The monoisotopic (exact) mass is 497 g/mol. The molecule has 0 aromatic heterocycles. The van der Waals surface area contributed by atoms with Crippen molar-refractivity contribution in [1.82, 2.24) is 10.6 Å². The van der Waals surface area contributed by atoms with Gasteiger partial charge in [0.15, 0.2) is 0 Å². The van der Waals surface area contributed by atoms with Gasteiger partial charge in [0.05, 0.1) is 25.0 Å². The van der Waals surface area contributed by atoms with Gasteiger partial charge in [-0.2, -0.15) is 0 Å². The lowest BCUT2D eigenvalue weighted by atomic mass is 9.74. The second-order valence-electron chi connectivity index (χ2n) is 9.58. The summed E-state index contributed by atoms with van der Waals surface area (Å²) in [5, 5.41) is 27.6. The minimum absolute atomic E-state index is 0.0733. The largest absolute Gasteiger partial charge is 0.481 e. The molecule has 2 aromatic carbocycles. The predicted octanol–water partition coefficient (Wildman–Crippen LogP) is 3.57. The molecule has 2 aromatic rings. The number of nitro groups is 1. The highest BCUT2D eigenvalue weighted by Crippen LogP contribution is 2.45. The Morgan fingerprint density at radius 3 is 2.33 bits per heavy atom. The zero-order valence-corrected chi connectivity index (χ0v) is 20.9. The second kappa shape index (κ2) is 12.1. The fourth-order valence-electron chi connectivity index (χ4n) is 5.07. The fraction of sp³-hybridized carbons (Fsp3) is 0.481. The Morgan fingerprint density at radius 2 is 1.78 bits per heavy atom. The minimum Gasteiger partial charge on any atom is -0.481 e. The first-order valence-electron chi connectivity index (χ1n) is 12.3. The van der Waals surface area contributed by atoms with Gasteiger partial charge in [0.1, 0.15) is 11.6 Å². The summed E-state index contributed by atoms with van der Waals surface area (Å²) in [6, 6.07) is 16.8. The maximum Gasteiger partial charge on any atom is 0.305 e. The third-order valence-electron chi connectivity index (χ3n) is 7.17. The lowest BCUT2D eigenvalue weighted by molar-refractivity contribution is -0.536. The van der Waals surface area contributed by atoms with E-state index in [-0.39, 0.29) is 30.4 Å². The van der Waals surface area contributed by atoms with Gasteiger partial charge in [-0.25, -0.2) is 0 Å². The van der Waals surface area contributed by atoms with E-state index in [0.29, 0.717) is 12.0 Å². The molecule has 0 aliphatic carbocycles. The van der Waals surface area contributed by atoms with Crippen LogP contribution < -0.4 is 10.6 Å². The van der Waals surface area contributed by atoms with Crippen molar-refractivity contribution in [3.8, 4) is 0 Å². The summed E-state index contributed by atoms with van der Waals surface area (Å²) >= 11 is 0. The number of nitrogens with zero attached hydrogens (tertiary/aromatic N) is 1. The molecule has 1 saturated heterocycles. The van der Waals surface area contributed by atoms with Crippen LogP contribution in [0.2, 0.25) is 0 Å². The Morgan fingerprint density at radius 1 is 1.17 bits per heavy atom. The van der Waals surface area contributed by atoms with E-state index < -0.39 is 41.5 Å². The molecule has 0 spiro atoms. The van der Waals surface area contributed by atoms with Gasteiger partial charge in [-0.3, -0.25) is 25.0 Å². The number of nitrogens with one attached hydrogen (secondary N) is 2. The molecule has 9 heteroatoms. The molecule has 194 valence electrons. The Labute approximate surface area is 211 Å². The first-order valence-corrected chi connectivity index (χ1v) is 12.3. The summed E-state index contributed by atoms with van der Waals surface area (Å²) < 4.78 is 6.40. The third kappa shape index (κ3) is 6.09. The third-order valence-corrected chi connectivity index (χ3v) is 7.17. The van der Waals surface area contributed by atoms with E-state index in [4.69, 9.17) is 9.84 Å². The average Bonchev–Trinajstić information content (AvgIpc) is 3.19. The molecule has 6 atom stereocenters. The number of carbonyl (C=O) groups is 2.